The molecule has 1 aliphatic heterocycles. The van der Waals surface area contributed by atoms with E-state index in [9.17, 15) is 14.3 Å². The molecule has 3 unspecified atom stereocenters. The Morgan fingerprint density at radius 3 is 2.82 bits per heavy atom. The fourth-order valence-electron chi connectivity index (χ4n) is 3.61. The molecule has 2 N–H and O–H groups in total. The smallest absolute Gasteiger partial charge is 0.236 e. The van der Waals surface area contributed by atoms with Gasteiger partial charge in [0.15, 0.2) is 0 Å². The van der Waals surface area contributed by atoms with Gasteiger partial charge < -0.3 is 15.3 Å². The number of nitrogens with zero attached hydrogens (tertiary/aromatic N) is 1. The SMILES string of the molecule is CNCC(=O)N1CC(C2C=C(F)C=CC2)CCC1C(C)(C)O. The van der Waals surface area contributed by atoms with Crippen molar-refractivity contribution in [1.29, 1.82) is 0 Å². The molecule has 1 fully saturated rings. The molecule has 1 aliphatic carbocycles. The van der Waals surface area contributed by atoms with Crippen LogP contribution in [0.2, 0.25) is 0 Å². The van der Waals surface area contributed by atoms with Gasteiger partial charge >= 0.3 is 0 Å². The minimum Gasteiger partial charge on any atom is -0.388 e. The van der Waals surface area contributed by atoms with E-state index >= 15 is 0 Å². The lowest BCUT2D eigenvalue weighted by Gasteiger charge is -2.46. The van der Waals surface area contributed by atoms with E-state index in [1.165, 1.54) is 6.08 Å². The number of carbonyl (C=O) groups is 1. The molecule has 2 aliphatic rings. The Morgan fingerprint density at radius 1 is 1.50 bits per heavy atom. The summed E-state index contributed by atoms with van der Waals surface area (Å²) in [6.07, 6.45) is 7.51. The molecule has 0 aromatic rings. The first-order valence-corrected chi connectivity index (χ1v) is 8.03. The van der Waals surface area contributed by atoms with Crippen LogP contribution >= 0.6 is 0 Å². The Morgan fingerprint density at radius 2 is 2.23 bits per heavy atom. The summed E-state index contributed by atoms with van der Waals surface area (Å²) in [7, 11) is 1.74. The summed E-state index contributed by atoms with van der Waals surface area (Å²) in [5, 5.41) is 13.3. The molecule has 1 amide bonds. The molecule has 1 saturated heterocycles. The molecule has 0 bridgehead atoms. The summed E-state index contributed by atoms with van der Waals surface area (Å²) in [6.45, 7) is 4.34. The van der Waals surface area contributed by atoms with Gasteiger partial charge in [-0.2, -0.15) is 0 Å². The highest BCUT2D eigenvalue weighted by molar-refractivity contribution is 5.78. The normalized spacial score (nSPS) is 29.4. The van der Waals surface area contributed by atoms with Crippen LogP contribution < -0.4 is 5.32 Å². The Hall–Kier alpha value is -1.20. The molecular weight excluding hydrogens is 283 g/mol. The molecule has 0 aromatic carbocycles. The van der Waals surface area contributed by atoms with E-state index in [0.717, 1.165) is 19.3 Å². The largest absolute Gasteiger partial charge is 0.388 e. The fraction of sp³-hybridized carbons (Fsp3) is 0.706. The van der Waals surface area contributed by atoms with Gasteiger partial charge in [0.25, 0.3) is 0 Å². The maximum absolute atomic E-state index is 13.5. The molecular formula is C17H27FN2O2. The first-order chi connectivity index (χ1) is 10.3. The summed E-state index contributed by atoms with van der Waals surface area (Å²) in [5.74, 6) is 0.192. The monoisotopic (exact) mass is 310 g/mol. The zero-order valence-corrected chi connectivity index (χ0v) is 13.7. The van der Waals surface area contributed by atoms with Crippen LogP contribution in [0.15, 0.2) is 24.1 Å². The number of nitrogens with one attached hydrogen (secondary N) is 1. The van der Waals surface area contributed by atoms with E-state index in [1.54, 1.807) is 31.9 Å². The van der Waals surface area contributed by atoms with Gasteiger partial charge in [-0.05, 0) is 64.1 Å². The molecule has 3 atom stereocenters. The number of carbonyl (C=O) groups excluding carboxylic acids is 1. The molecule has 0 saturated carbocycles. The molecule has 1 heterocycles. The average molecular weight is 310 g/mol. The Bertz CT molecular complexity index is 468. The second-order valence-electron chi connectivity index (χ2n) is 6.94. The third kappa shape index (κ3) is 3.96. The second-order valence-corrected chi connectivity index (χ2v) is 6.94. The van der Waals surface area contributed by atoms with Crippen LogP contribution in [0.4, 0.5) is 4.39 Å². The van der Waals surface area contributed by atoms with Gasteiger partial charge in [-0.1, -0.05) is 6.08 Å². The molecule has 5 heteroatoms. The van der Waals surface area contributed by atoms with Gasteiger partial charge in [-0.3, -0.25) is 4.79 Å². The molecule has 0 radical (unpaired) electrons. The minimum atomic E-state index is -0.929. The Labute approximate surface area is 132 Å². The van der Waals surface area contributed by atoms with Gasteiger partial charge in [0, 0.05) is 6.54 Å². The van der Waals surface area contributed by atoms with Gasteiger partial charge in [0.2, 0.25) is 5.91 Å². The molecule has 2 rings (SSSR count). The van der Waals surface area contributed by atoms with Crippen LogP contribution in [0.25, 0.3) is 0 Å². The van der Waals surface area contributed by atoms with Crippen molar-refractivity contribution in [1.82, 2.24) is 10.2 Å². The van der Waals surface area contributed by atoms with Crippen LogP contribution in [-0.2, 0) is 4.79 Å². The third-order valence-electron chi connectivity index (χ3n) is 4.75. The molecule has 0 spiro atoms. The molecule has 124 valence electrons. The summed E-state index contributed by atoms with van der Waals surface area (Å²) < 4.78 is 13.5. The lowest BCUT2D eigenvalue weighted by atomic mass is 9.77. The van der Waals surface area contributed by atoms with Crippen LogP contribution in [0.1, 0.15) is 33.1 Å². The highest BCUT2D eigenvalue weighted by Gasteiger charge is 2.40. The standard InChI is InChI=1S/C17H27FN2O2/c1-17(2,22)15-8-7-13(11-20(15)16(21)10-19-3)12-5-4-6-14(18)9-12/h4,6,9,12-13,15,19,22H,5,7-8,10-11H2,1-3H3. The maximum atomic E-state index is 13.5. The summed E-state index contributed by atoms with van der Waals surface area (Å²) in [4.78, 5) is 14.2. The highest BCUT2D eigenvalue weighted by atomic mass is 19.1. The highest BCUT2D eigenvalue weighted by Crippen LogP contribution is 2.36. The molecule has 0 aromatic heterocycles. The van der Waals surface area contributed by atoms with Crippen molar-refractivity contribution in [3.63, 3.8) is 0 Å². The van der Waals surface area contributed by atoms with Crippen LogP contribution in [0.3, 0.4) is 0 Å². The topological polar surface area (TPSA) is 52.6 Å². The van der Waals surface area contributed by atoms with E-state index < -0.39 is 5.60 Å². The van der Waals surface area contributed by atoms with Crippen LogP contribution in [-0.4, -0.2) is 47.7 Å². The molecule has 4 nitrogen and oxygen atoms in total. The number of likely N-dealkylation sites (N-methyl/N-ethyl adjacent to an activating group) is 1. The number of hydrogen-bond donors (Lipinski definition) is 2. The quantitative estimate of drug-likeness (QED) is 0.835. The van der Waals surface area contributed by atoms with E-state index in [2.05, 4.69) is 5.32 Å². The summed E-state index contributed by atoms with van der Waals surface area (Å²) in [5.41, 5.74) is -0.929. The maximum Gasteiger partial charge on any atom is 0.236 e. The van der Waals surface area contributed by atoms with Crippen molar-refractivity contribution in [2.45, 2.75) is 44.8 Å². The number of rotatable bonds is 4. The lowest BCUT2D eigenvalue weighted by molar-refractivity contribution is -0.143. The van der Waals surface area contributed by atoms with E-state index in [4.69, 9.17) is 0 Å². The summed E-state index contributed by atoms with van der Waals surface area (Å²) >= 11 is 0. The number of piperidine rings is 1. The number of halogens is 1. The van der Waals surface area contributed by atoms with Crippen molar-refractivity contribution in [2.24, 2.45) is 11.8 Å². The van der Waals surface area contributed by atoms with Crippen LogP contribution in [0, 0.1) is 11.8 Å². The predicted molar refractivity (Wildman–Crippen MR) is 84.9 cm³/mol. The van der Waals surface area contributed by atoms with Crippen molar-refractivity contribution < 1.29 is 14.3 Å². The lowest BCUT2D eigenvalue weighted by Crippen LogP contribution is -2.58. The second kappa shape index (κ2) is 6.92. The number of allylic oxidation sites excluding steroid dienone is 4. The van der Waals surface area contributed by atoms with Crippen molar-refractivity contribution >= 4 is 5.91 Å². The number of amides is 1. The molecule has 22 heavy (non-hydrogen) atoms. The summed E-state index contributed by atoms with van der Waals surface area (Å²) in [6, 6.07) is -0.183. The Kier molecular flexibility index (Phi) is 5.40. The third-order valence-corrected chi connectivity index (χ3v) is 4.75. The number of hydrogen-bond acceptors (Lipinski definition) is 3. The van der Waals surface area contributed by atoms with Gasteiger partial charge in [-0.25, -0.2) is 4.39 Å². The van der Waals surface area contributed by atoms with Crippen molar-refractivity contribution in [2.75, 3.05) is 20.1 Å². The number of aliphatic hydroxyl groups is 1. The number of likely N-dealkylation sites (tertiary alicyclic amines) is 1. The van der Waals surface area contributed by atoms with Crippen LogP contribution in [0.5, 0.6) is 0 Å². The predicted octanol–water partition coefficient (Wildman–Crippen LogP) is 2.01. The first-order valence-electron chi connectivity index (χ1n) is 8.03. The van der Waals surface area contributed by atoms with E-state index in [-0.39, 0.29) is 36.2 Å². The van der Waals surface area contributed by atoms with E-state index in [0.29, 0.717) is 6.54 Å². The van der Waals surface area contributed by atoms with Gasteiger partial charge in [0.05, 0.1) is 18.2 Å². The van der Waals surface area contributed by atoms with Crippen molar-refractivity contribution in [3.8, 4) is 0 Å². The van der Waals surface area contributed by atoms with Gasteiger partial charge in [-0.15, -0.1) is 0 Å². The zero-order valence-electron chi connectivity index (χ0n) is 13.7. The minimum absolute atomic E-state index is 0.00451. The first kappa shape index (κ1) is 17.2. The zero-order chi connectivity index (χ0) is 16.3. The fourth-order valence-corrected chi connectivity index (χ4v) is 3.61. The van der Waals surface area contributed by atoms with E-state index in [1.807, 2.05) is 6.08 Å². The Balaban J connectivity index is 2.13. The van der Waals surface area contributed by atoms with Crippen molar-refractivity contribution in [3.05, 3.63) is 24.1 Å². The average Bonchev–Trinajstić information content (AvgIpc) is 2.46. The van der Waals surface area contributed by atoms with Gasteiger partial charge in [0.1, 0.15) is 5.83 Å².